The first kappa shape index (κ1) is 21.0. The Morgan fingerprint density at radius 3 is 2.53 bits per heavy atom. The average molecular weight is 472 g/mol. The van der Waals surface area contributed by atoms with Crippen molar-refractivity contribution < 1.29 is 19.1 Å². The highest BCUT2D eigenvalue weighted by molar-refractivity contribution is 6.33. The van der Waals surface area contributed by atoms with E-state index in [4.69, 9.17) is 37.7 Å². The summed E-state index contributed by atoms with van der Waals surface area (Å²) in [5, 5.41) is 4.74. The van der Waals surface area contributed by atoms with Gasteiger partial charge >= 0.3 is 11.9 Å². The summed E-state index contributed by atoms with van der Waals surface area (Å²) in [5.41, 5.74) is 1.41. The number of imidazole rings is 1. The number of carbonyl (C=O) groups excluding carboxylic acids is 2. The van der Waals surface area contributed by atoms with Crippen LogP contribution in [0.15, 0.2) is 48.5 Å². The third-order valence-electron chi connectivity index (χ3n) is 5.22. The van der Waals surface area contributed by atoms with Crippen LogP contribution in [0.3, 0.4) is 0 Å². The van der Waals surface area contributed by atoms with Crippen molar-refractivity contribution >= 4 is 41.0 Å². The molecular weight excluding hydrogens is 455 g/mol. The van der Waals surface area contributed by atoms with Crippen molar-refractivity contribution in [1.29, 1.82) is 0 Å². The molecule has 5 rings (SSSR count). The molecule has 1 aromatic heterocycles. The quantitative estimate of drug-likeness (QED) is 0.574. The third-order valence-corrected chi connectivity index (χ3v) is 5.80. The van der Waals surface area contributed by atoms with Crippen molar-refractivity contribution in [3.05, 3.63) is 64.3 Å². The van der Waals surface area contributed by atoms with E-state index in [0.717, 1.165) is 0 Å². The maximum absolute atomic E-state index is 12.9. The Kier molecular flexibility index (Phi) is 5.60. The van der Waals surface area contributed by atoms with Gasteiger partial charge in [0.25, 0.3) is 0 Å². The van der Waals surface area contributed by atoms with Gasteiger partial charge in [-0.3, -0.25) is 14.3 Å². The van der Waals surface area contributed by atoms with Gasteiger partial charge in [-0.15, -0.1) is 0 Å². The molecular formula is C22H17Cl2N4O4. The molecule has 163 valence electrons. The molecule has 0 saturated carbocycles. The number of fused-ring (bicyclic) bond motifs is 1. The topological polar surface area (TPSA) is 87.8 Å². The number of aromatic nitrogens is 2. The van der Waals surface area contributed by atoms with Crippen molar-refractivity contribution in [2.45, 2.75) is 6.10 Å². The fraction of sp³-hybridized carbons (Fsp3) is 0.227. The Hall–Kier alpha value is -2.91. The summed E-state index contributed by atoms with van der Waals surface area (Å²) >= 11 is 12.5. The lowest BCUT2D eigenvalue weighted by atomic mass is 10.2. The number of anilines is 1. The number of urea groups is 1. The fourth-order valence-corrected chi connectivity index (χ4v) is 4.10. The zero-order valence-corrected chi connectivity index (χ0v) is 18.2. The second-order valence-electron chi connectivity index (χ2n) is 7.28. The molecule has 3 heterocycles. The predicted octanol–water partition coefficient (Wildman–Crippen LogP) is 3.95. The third kappa shape index (κ3) is 3.75. The van der Waals surface area contributed by atoms with Crippen LogP contribution in [-0.4, -0.2) is 54.0 Å². The molecule has 1 atom stereocenters. The lowest BCUT2D eigenvalue weighted by Gasteiger charge is -2.30. The summed E-state index contributed by atoms with van der Waals surface area (Å²) in [6, 6.07) is 13.4. The molecule has 1 unspecified atom stereocenters. The van der Waals surface area contributed by atoms with Crippen LogP contribution in [0.25, 0.3) is 17.1 Å². The predicted molar refractivity (Wildman–Crippen MR) is 119 cm³/mol. The van der Waals surface area contributed by atoms with Crippen LogP contribution in [0.1, 0.15) is 10.5 Å². The smallest absolute Gasteiger partial charge is 0.352 e. The van der Waals surface area contributed by atoms with Gasteiger partial charge in [0, 0.05) is 16.3 Å². The maximum Gasteiger partial charge on any atom is 0.352 e. The number of nitrogens with zero attached hydrogens (tertiary/aromatic N) is 4. The molecule has 0 spiro atoms. The van der Waals surface area contributed by atoms with Gasteiger partial charge in [0.05, 0.1) is 37.5 Å². The molecule has 3 amide bonds. The minimum Gasteiger partial charge on any atom is -0.376 e. The lowest BCUT2D eigenvalue weighted by molar-refractivity contribution is -0.0835. The molecule has 2 aliphatic heterocycles. The van der Waals surface area contributed by atoms with Crippen LogP contribution >= 0.6 is 23.2 Å². The maximum atomic E-state index is 12.9. The first-order valence-electron chi connectivity index (χ1n) is 9.93. The van der Waals surface area contributed by atoms with E-state index >= 15 is 0 Å². The van der Waals surface area contributed by atoms with Gasteiger partial charge in [0.2, 0.25) is 0 Å². The molecule has 3 aromatic rings. The standard InChI is InChI=1S/C22H17Cl2N4O4/c23-13-5-7-14(8-6-13)28-18-20(25-19(28)16-3-1-2-4-17(16)24)27(22(30)26-21(18)29)11-15-12-31-9-10-32-15/h1-8,15H,9-12H2. The molecule has 0 aliphatic carbocycles. The van der Waals surface area contributed by atoms with Crippen LogP contribution < -0.4 is 10.2 Å². The molecule has 2 aliphatic rings. The van der Waals surface area contributed by atoms with Gasteiger partial charge < -0.3 is 9.47 Å². The Morgan fingerprint density at radius 1 is 1.03 bits per heavy atom. The molecule has 0 bridgehead atoms. The molecule has 1 radical (unpaired) electrons. The van der Waals surface area contributed by atoms with Crippen LogP contribution in [0.2, 0.25) is 10.0 Å². The molecule has 32 heavy (non-hydrogen) atoms. The number of imide groups is 1. The highest BCUT2D eigenvalue weighted by atomic mass is 35.5. The largest absolute Gasteiger partial charge is 0.376 e. The molecule has 1 saturated heterocycles. The zero-order valence-electron chi connectivity index (χ0n) is 16.7. The Morgan fingerprint density at radius 2 is 1.81 bits per heavy atom. The summed E-state index contributed by atoms with van der Waals surface area (Å²) in [6.07, 6.45) is -0.353. The SMILES string of the molecule is O=C1[N]C(=O)N(CC2COCCO2)c2nc(-c3ccccc3Cl)n(-c3ccc(Cl)cc3)c21. The summed E-state index contributed by atoms with van der Waals surface area (Å²) in [6.45, 7) is 1.42. The van der Waals surface area contributed by atoms with E-state index in [9.17, 15) is 9.59 Å². The first-order valence-corrected chi connectivity index (χ1v) is 10.7. The van der Waals surface area contributed by atoms with E-state index < -0.39 is 11.9 Å². The second kappa shape index (κ2) is 8.55. The van der Waals surface area contributed by atoms with Crippen LogP contribution in [-0.2, 0) is 9.47 Å². The number of ether oxygens (including phenoxy) is 2. The average Bonchev–Trinajstić information content (AvgIpc) is 3.19. The highest BCUT2D eigenvalue weighted by Gasteiger charge is 2.39. The summed E-state index contributed by atoms with van der Waals surface area (Å²) in [7, 11) is 0. The van der Waals surface area contributed by atoms with Crippen LogP contribution in [0.4, 0.5) is 10.6 Å². The number of amides is 3. The molecule has 8 nitrogen and oxygen atoms in total. The second-order valence-corrected chi connectivity index (χ2v) is 8.12. The fourth-order valence-electron chi connectivity index (χ4n) is 3.75. The van der Waals surface area contributed by atoms with Crippen molar-refractivity contribution in [3.63, 3.8) is 0 Å². The van der Waals surface area contributed by atoms with Gasteiger partial charge in [0.15, 0.2) is 11.5 Å². The van der Waals surface area contributed by atoms with Crippen molar-refractivity contribution in [3.8, 4) is 17.1 Å². The van der Waals surface area contributed by atoms with Gasteiger partial charge in [-0.1, -0.05) is 35.3 Å². The van der Waals surface area contributed by atoms with E-state index in [1.165, 1.54) is 4.90 Å². The van der Waals surface area contributed by atoms with Gasteiger partial charge in [0.1, 0.15) is 5.82 Å². The molecule has 0 N–H and O–H groups in total. The molecule has 1 fully saturated rings. The van der Waals surface area contributed by atoms with Crippen molar-refractivity contribution in [1.82, 2.24) is 14.9 Å². The van der Waals surface area contributed by atoms with Gasteiger partial charge in [-0.05, 0) is 36.4 Å². The van der Waals surface area contributed by atoms with E-state index in [1.807, 2.05) is 6.07 Å². The summed E-state index contributed by atoms with van der Waals surface area (Å²) < 4.78 is 12.8. The zero-order chi connectivity index (χ0) is 22.2. The summed E-state index contributed by atoms with van der Waals surface area (Å²) in [5.74, 6) is -0.0659. The van der Waals surface area contributed by atoms with Crippen molar-refractivity contribution in [2.75, 3.05) is 31.3 Å². The minimum atomic E-state index is -0.692. The first-order chi connectivity index (χ1) is 15.5. The van der Waals surface area contributed by atoms with Crippen LogP contribution in [0.5, 0.6) is 0 Å². The highest BCUT2D eigenvalue weighted by Crippen LogP contribution is 2.36. The van der Waals surface area contributed by atoms with E-state index in [1.54, 1.807) is 47.0 Å². The number of halogens is 2. The minimum absolute atomic E-state index is 0.155. The van der Waals surface area contributed by atoms with E-state index in [-0.39, 0.29) is 24.2 Å². The van der Waals surface area contributed by atoms with E-state index in [0.29, 0.717) is 46.9 Å². The Balaban J connectivity index is 1.70. The van der Waals surface area contributed by atoms with Crippen LogP contribution in [0, 0.1) is 0 Å². The number of rotatable bonds is 4. The number of benzene rings is 2. The van der Waals surface area contributed by atoms with Crippen molar-refractivity contribution in [2.24, 2.45) is 0 Å². The normalized spacial score (nSPS) is 18.4. The lowest BCUT2D eigenvalue weighted by Crippen LogP contribution is -2.49. The number of carbonyl (C=O) groups is 2. The number of hydrogen-bond acceptors (Lipinski definition) is 5. The summed E-state index contributed by atoms with van der Waals surface area (Å²) in [4.78, 5) is 31.7. The van der Waals surface area contributed by atoms with Gasteiger partial charge in [-0.2, -0.15) is 5.32 Å². The number of hydrogen-bond donors (Lipinski definition) is 0. The molecule has 10 heteroatoms. The van der Waals surface area contributed by atoms with E-state index in [2.05, 4.69) is 5.32 Å². The van der Waals surface area contributed by atoms with Gasteiger partial charge in [-0.25, -0.2) is 9.78 Å². The monoisotopic (exact) mass is 471 g/mol. The Bertz CT molecular complexity index is 1190. The Labute approximate surface area is 193 Å². The molecule has 2 aromatic carbocycles.